The number of hydrogen-bond acceptors (Lipinski definition) is 5. The fourth-order valence-corrected chi connectivity index (χ4v) is 7.48. The number of rotatable bonds is 0. The predicted molar refractivity (Wildman–Crippen MR) is 61.7 cm³/mol. The highest BCUT2D eigenvalue weighted by Crippen LogP contribution is 2.41. The summed E-state index contributed by atoms with van der Waals surface area (Å²) in [6.45, 7) is 0. The Hall–Kier alpha value is -1.18. The highest BCUT2D eigenvalue weighted by atomic mass is 32.2. The van der Waals surface area contributed by atoms with Gasteiger partial charge in [-0.05, 0) is 12.1 Å². The van der Waals surface area contributed by atoms with Crippen LogP contribution in [0, 0.1) is 0 Å². The van der Waals surface area contributed by atoms with Crippen LogP contribution in [0.3, 0.4) is 0 Å². The van der Waals surface area contributed by atoms with Crippen LogP contribution < -0.4 is 0 Å². The van der Waals surface area contributed by atoms with Gasteiger partial charge in [-0.15, -0.1) is 11.3 Å². The van der Waals surface area contributed by atoms with Crippen molar-refractivity contribution in [2.45, 2.75) is 19.6 Å². The summed E-state index contributed by atoms with van der Waals surface area (Å²) < 4.78 is 48.7. The molecule has 1 aromatic carbocycles. The molecule has 0 N–H and O–H groups in total. The highest BCUT2D eigenvalue weighted by molar-refractivity contribution is 7.97. The minimum atomic E-state index is -3.70. The molecule has 0 atom stereocenters. The second-order valence-electron chi connectivity index (χ2n) is 3.55. The van der Waals surface area contributed by atoms with Crippen molar-refractivity contribution in [3.05, 3.63) is 35.0 Å². The van der Waals surface area contributed by atoms with Gasteiger partial charge in [-0.2, -0.15) is 0 Å². The van der Waals surface area contributed by atoms with Gasteiger partial charge in [0.2, 0.25) is 19.7 Å². The van der Waals surface area contributed by atoms with E-state index in [2.05, 4.69) is 0 Å². The second-order valence-corrected chi connectivity index (χ2v) is 8.07. The van der Waals surface area contributed by atoms with Crippen molar-refractivity contribution < 1.29 is 16.8 Å². The average Bonchev–Trinajstić information content (AvgIpc) is 2.78. The zero-order valence-electron chi connectivity index (χ0n) is 8.32. The summed E-state index contributed by atoms with van der Waals surface area (Å²) in [6.07, 6.45) is 0. The van der Waals surface area contributed by atoms with E-state index in [-0.39, 0.29) is 19.6 Å². The van der Waals surface area contributed by atoms with E-state index in [0.29, 0.717) is 0 Å². The van der Waals surface area contributed by atoms with Crippen molar-refractivity contribution in [3.8, 4) is 0 Å². The van der Waals surface area contributed by atoms with Crippen LogP contribution in [0.2, 0.25) is 0 Å². The van der Waals surface area contributed by atoms with Crippen molar-refractivity contribution in [2.75, 3.05) is 0 Å². The number of sulfone groups is 2. The van der Waals surface area contributed by atoms with Crippen molar-refractivity contribution in [1.82, 2.24) is 0 Å². The van der Waals surface area contributed by atoms with Crippen LogP contribution in [-0.2, 0) is 19.7 Å². The molecule has 7 heteroatoms. The highest BCUT2D eigenvalue weighted by Gasteiger charge is 2.39. The lowest BCUT2D eigenvalue weighted by atomic mass is 10.4. The number of benzene rings is 1. The van der Waals surface area contributed by atoms with Gasteiger partial charge >= 0.3 is 0 Å². The lowest BCUT2D eigenvalue weighted by molar-refractivity contribution is 0.571. The van der Waals surface area contributed by atoms with E-state index in [1.807, 2.05) is 0 Å². The fraction of sp³-hybridized carbons (Fsp3) is 0. The lowest BCUT2D eigenvalue weighted by Gasteiger charge is -2.16. The third kappa shape index (κ3) is 1.27. The zero-order chi connectivity index (χ0) is 12.3. The molecule has 0 saturated carbocycles. The molecule has 0 bridgehead atoms. The second kappa shape index (κ2) is 3.18. The maximum absolute atomic E-state index is 12.2. The van der Waals surface area contributed by atoms with E-state index in [0.717, 1.165) is 11.3 Å². The molecule has 17 heavy (non-hydrogen) atoms. The first kappa shape index (κ1) is 10.9. The minimum absolute atomic E-state index is 0.110. The van der Waals surface area contributed by atoms with Crippen molar-refractivity contribution in [2.24, 2.45) is 0 Å². The summed E-state index contributed by atoms with van der Waals surface area (Å²) in [5.41, 5.74) is 0. The van der Waals surface area contributed by atoms with Gasteiger partial charge in [-0.1, -0.05) is 12.1 Å². The minimum Gasteiger partial charge on any atom is -0.218 e. The Balaban J connectivity index is 2.58. The first-order valence-corrected chi connectivity index (χ1v) is 8.52. The summed E-state index contributed by atoms with van der Waals surface area (Å²) in [5.74, 6) is 0. The van der Waals surface area contributed by atoms with Crippen LogP contribution in [0.15, 0.2) is 54.6 Å². The molecule has 0 aliphatic carbocycles. The van der Waals surface area contributed by atoms with Crippen LogP contribution >= 0.6 is 11.3 Å². The maximum Gasteiger partial charge on any atom is 0.210 e. The zero-order valence-corrected chi connectivity index (χ0v) is 10.8. The van der Waals surface area contributed by atoms with Gasteiger partial charge in [0.1, 0.15) is 9.79 Å². The third-order valence-corrected chi connectivity index (χ3v) is 7.60. The van der Waals surface area contributed by atoms with E-state index in [1.54, 1.807) is 0 Å². The van der Waals surface area contributed by atoms with E-state index in [1.165, 1.54) is 35.0 Å². The Morgan fingerprint density at radius 3 is 1.53 bits per heavy atom. The Morgan fingerprint density at radius 2 is 1.12 bits per heavy atom. The summed E-state index contributed by atoms with van der Waals surface area (Å²) in [7, 11) is -7.40. The van der Waals surface area contributed by atoms with Gasteiger partial charge in [0.05, 0.1) is 9.79 Å². The van der Waals surface area contributed by atoms with Gasteiger partial charge in [-0.3, -0.25) is 0 Å². The Kier molecular flexibility index (Phi) is 2.05. The third-order valence-electron chi connectivity index (χ3n) is 2.60. The summed E-state index contributed by atoms with van der Waals surface area (Å²) >= 11 is 1.07. The fourth-order valence-electron chi connectivity index (χ4n) is 1.80. The van der Waals surface area contributed by atoms with Gasteiger partial charge in [-0.25, -0.2) is 16.8 Å². The standard InChI is InChI=1S/C10H6O4S3/c11-16(12)7-3-1-2-4-8(7)17(13,14)10-6-15-5-9(10)16/h1-6H. The monoisotopic (exact) mass is 286 g/mol. The molecule has 1 aromatic heterocycles. The first-order valence-electron chi connectivity index (χ1n) is 4.61. The van der Waals surface area contributed by atoms with Crippen LogP contribution in [0.5, 0.6) is 0 Å². The molecular formula is C10H6O4S3. The molecule has 1 aliphatic rings. The first-order chi connectivity index (χ1) is 7.95. The van der Waals surface area contributed by atoms with E-state index in [9.17, 15) is 16.8 Å². The van der Waals surface area contributed by atoms with Crippen molar-refractivity contribution in [3.63, 3.8) is 0 Å². The predicted octanol–water partition coefficient (Wildman–Crippen LogP) is 1.73. The number of thiophene rings is 1. The van der Waals surface area contributed by atoms with Crippen molar-refractivity contribution >= 4 is 31.0 Å². The topological polar surface area (TPSA) is 68.3 Å². The molecule has 0 saturated heterocycles. The van der Waals surface area contributed by atoms with E-state index in [4.69, 9.17) is 0 Å². The molecule has 4 nitrogen and oxygen atoms in total. The molecule has 0 radical (unpaired) electrons. The van der Waals surface area contributed by atoms with E-state index >= 15 is 0 Å². The van der Waals surface area contributed by atoms with Gasteiger partial charge in [0, 0.05) is 10.8 Å². The number of fused-ring (bicyclic) bond motifs is 2. The molecule has 0 spiro atoms. The summed E-state index contributed by atoms with van der Waals surface area (Å²) in [6, 6.07) is 5.68. The Labute approximate surface area is 102 Å². The van der Waals surface area contributed by atoms with Gasteiger partial charge < -0.3 is 0 Å². The molecule has 0 fully saturated rings. The van der Waals surface area contributed by atoms with E-state index < -0.39 is 19.7 Å². The molecule has 1 aliphatic heterocycles. The molecule has 88 valence electrons. The van der Waals surface area contributed by atoms with Crippen LogP contribution in [-0.4, -0.2) is 16.8 Å². The SMILES string of the molecule is O=S1(=O)c2ccccc2S(=O)(=O)c2cscc21. The summed E-state index contributed by atoms with van der Waals surface area (Å²) in [4.78, 5) is -0.487. The van der Waals surface area contributed by atoms with Crippen molar-refractivity contribution in [1.29, 1.82) is 0 Å². The van der Waals surface area contributed by atoms with Crippen LogP contribution in [0.25, 0.3) is 0 Å². The van der Waals surface area contributed by atoms with Gasteiger partial charge in [0.25, 0.3) is 0 Å². The quantitative estimate of drug-likeness (QED) is 0.631. The average molecular weight is 286 g/mol. The molecular weight excluding hydrogens is 280 g/mol. The maximum atomic E-state index is 12.2. The normalized spacial score (nSPS) is 19.3. The molecule has 0 unspecified atom stereocenters. The smallest absolute Gasteiger partial charge is 0.210 e. The summed E-state index contributed by atoms with van der Waals surface area (Å²) in [5, 5.41) is 2.72. The Bertz CT molecular complexity index is 745. The molecule has 3 rings (SSSR count). The number of hydrogen-bond donors (Lipinski definition) is 0. The molecule has 2 heterocycles. The molecule has 0 amide bonds. The van der Waals surface area contributed by atoms with Gasteiger partial charge in [0.15, 0.2) is 0 Å². The lowest BCUT2D eigenvalue weighted by Crippen LogP contribution is -2.17. The van der Waals surface area contributed by atoms with Crippen LogP contribution in [0.4, 0.5) is 0 Å². The molecule has 2 aromatic rings. The largest absolute Gasteiger partial charge is 0.218 e. The Morgan fingerprint density at radius 1 is 0.706 bits per heavy atom. The van der Waals surface area contributed by atoms with Crippen LogP contribution in [0.1, 0.15) is 0 Å².